The topological polar surface area (TPSA) is 119 Å². The number of fused-ring (bicyclic) bond motifs is 1. The highest BCUT2D eigenvalue weighted by atomic mass is 32.2. The van der Waals surface area contributed by atoms with Gasteiger partial charge in [-0.15, -0.1) is 11.3 Å². The van der Waals surface area contributed by atoms with Crippen molar-refractivity contribution in [2.24, 2.45) is 4.99 Å². The van der Waals surface area contributed by atoms with Crippen molar-refractivity contribution in [3.05, 3.63) is 76.3 Å². The van der Waals surface area contributed by atoms with Gasteiger partial charge in [0.2, 0.25) is 5.91 Å². The van der Waals surface area contributed by atoms with E-state index in [-0.39, 0.29) is 22.3 Å². The average molecular weight is 564 g/mol. The predicted octanol–water partition coefficient (Wildman–Crippen LogP) is 5.53. The number of amides is 1. The molecule has 1 aromatic heterocycles. The number of nitrogens with one attached hydrogen (secondary N) is 1. The van der Waals surface area contributed by atoms with Crippen molar-refractivity contribution in [1.82, 2.24) is 4.98 Å². The van der Waals surface area contributed by atoms with Gasteiger partial charge in [-0.05, 0) is 54.1 Å². The van der Waals surface area contributed by atoms with Crippen LogP contribution in [0, 0.1) is 10.1 Å². The largest absolute Gasteiger partial charge is 0.497 e. The first-order valence-corrected chi connectivity index (χ1v) is 13.9. The Labute approximate surface area is 232 Å². The highest BCUT2D eigenvalue weighted by Gasteiger charge is 2.21. The number of aromatic nitrogens is 1. The summed E-state index contributed by atoms with van der Waals surface area (Å²) in [5.41, 5.74) is 3.52. The maximum Gasteiger partial charge on any atom is 0.293 e. The molecular weight excluding hydrogens is 538 g/mol. The Morgan fingerprint density at radius 3 is 2.74 bits per heavy atom. The maximum atomic E-state index is 12.4. The Kier molecular flexibility index (Phi) is 8.35. The summed E-state index contributed by atoms with van der Waals surface area (Å²) in [6.45, 7) is 2.35. The van der Waals surface area contributed by atoms with Crippen molar-refractivity contribution < 1.29 is 19.2 Å². The number of thiazole rings is 1. The van der Waals surface area contributed by atoms with Gasteiger partial charge < -0.3 is 19.7 Å². The van der Waals surface area contributed by atoms with Gasteiger partial charge in [-0.3, -0.25) is 19.9 Å². The predicted molar refractivity (Wildman–Crippen MR) is 155 cm³/mol. The Bertz CT molecular complexity index is 1520. The molecule has 10 nitrogen and oxygen atoms in total. The van der Waals surface area contributed by atoms with Gasteiger partial charge in [0.25, 0.3) is 5.69 Å². The van der Waals surface area contributed by atoms with Gasteiger partial charge in [-0.25, -0.2) is 4.98 Å². The SMILES string of the molecule is COc1ccc(NC(=O)CSc2nc3ccc(N=Cc4ccc(N5CCOCC5)c([N+](=O)[O-])c4)cc3s2)cc1. The Morgan fingerprint density at radius 1 is 1.21 bits per heavy atom. The third-order valence-corrected chi connectivity index (χ3v) is 8.12. The zero-order valence-electron chi connectivity index (χ0n) is 21.0. The van der Waals surface area contributed by atoms with E-state index in [1.54, 1.807) is 49.7 Å². The number of aliphatic imine (C=N–C) groups is 1. The van der Waals surface area contributed by atoms with Crippen molar-refractivity contribution >= 4 is 68.2 Å². The van der Waals surface area contributed by atoms with Gasteiger partial charge in [0.15, 0.2) is 4.34 Å². The molecule has 5 rings (SSSR count). The molecule has 0 unspecified atom stereocenters. The molecule has 0 radical (unpaired) electrons. The van der Waals surface area contributed by atoms with Gasteiger partial charge >= 0.3 is 0 Å². The van der Waals surface area contributed by atoms with Gasteiger partial charge in [0.1, 0.15) is 11.4 Å². The highest BCUT2D eigenvalue weighted by Crippen LogP contribution is 2.33. The molecule has 200 valence electrons. The fourth-order valence-corrected chi connectivity index (χ4v) is 5.92. The lowest BCUT2D eigenvalue weighted by Crippen LogP contribution is -2.36. The van der Waals surface area contributed by atoms with Gasteiger partial charge in [0, 0.05) is 31.1 Å². The number of morpholine rings is 1. The van der Waals surface area contributed by atoms with Crippen LogP contribution < -0.4 is 15.0 Å². The van der Waals surface area contributed by atoms with Crippen LogP contribution in [0.4, 0.5) is 22.7 Å². The number of rotatable bonds is 9. The monoisotopic (exact) mass is 563 g/mol. The summed E-state index contributed by atoms with van der Waals surface area (Å²) in [7, 11) is 1.59. The smallest absolute Gasteiger partial charge is 0.293 e. The zero-order valence-corrected chi connectivity index (χ0v) is 22.7. The molecule has 1 aliphatic rings. The summed E-state index contributed by atoms with van der Waals surface area (Å²) in [5, 5.41) is 14.6. The van der Waals surface area contributed by atoms with E-state index in [4.69, 9.17) is 9.47 Å². The molecule has 1 amide bonds. The Morgan fingerprint density at radius 2 is 2.00 bits per heavy atom. The molecule has 3 aromatic carbocycles. The molecule has 0 bridgehead atoms. The molecule has 0 saturated carbocycles. The number of thioether (sulfide) groups is 1. The number of ether oxygens (including phenoxy) is 2. The number of nitrogens with zero attached hydrogens (tertiary/aromatic N) is 4. The lowest BCUT2D eigenvalue weighted by molar-refractivity contribution is -0.384. The average Bonchev–Trinajstić information content (AvgIpc) is 3.38. The lowest BCUT2D eigenvalue weighted by Gasteiger charge is -2.28. The number of nitro benzene ring substituents is 1. The molecule has 12 heteroatoms. The Hall–Kier alpha value is -4.00. The van der Waals surface area contributed by atoms with Crippen molar-refractivity contribution in [3.8, 4) is 5.75 Å². The number of carbonyl (C=O) groups is 1. The van der Waals surface area contributed by atoms with Crippen molar-refractivity contribution in [2.75, 3.05) is 49.4 Å². The minimum atomic E-state index is -0.359. The number of benzene rings is 3. The van der Waals surface area contributed by atoms with Crippen LogP contribution in [-0.2, 0) is 9.53 Å². The number of hydrogen-bond donors (Lipinski definition) is 1. The summed E-state index contributed by atoms with van der Waals surface area (Å²) >= 11 is 2.86. The van der Waals surface area contributed by atoms with Crippen LogP contribution in [0.15, 0.2) is 70.0 Å². The maximum absolute atomic E-state index is 12.4. The molecule has 1 aliphatic heterocycles. The molecule has 0 aliphatic carbocycles. The van der Waals surface area contributed by atoms with E-state index in [2.05, 4.69) is 15.3 Å². The number of hydrogen-bond acceptors (Lipinski definition) is 10. The molecule has 1 saturated heterocycles. The van der Waals surface area contributed by atoms with Crippen LogP contribution in [0.3, 0.4) is 0 Å². The second-order valence-electron chi connectivity index (χ2n) is 8.56. The highest BCUT2D eigenvalue weighted by molar-refractivity contribution is 8.01. The number of carbonyl (C=O) groups excluding carboxylic acids is 1. The summed E-state index contributed by atoms with van der Waals surface area (Å²) in [4.78, 5) is 34.8. The van der Waals surface area contributed by atoms with Crippen molar-refractivity contribution in [3.63, 3.8) is 0 Å². The van der Waals surface area contributed by atoms with Crippen LogP contribution in [0.5, 0.6) is 5.75 Å². The van der Waals surface area contributed by atoms with E-state index in [9.17, 15) is 14.9 Å². The van der Waals surface area contributed by atoms with E-state index in [1.165, 1.54) is 23.1 Å². The Balaban J connectivity index is 1.23. The first-order chi connectivity index (χ1) is 19.0. The summed E-state index contributed by atoms with van der Waals surface area (Å²) in [6, 6.07) is 18.0. The third kappa shape index (κ3) is 6.72. The molecule has 1 fully saturated rings. The molecule has 0 spiro atoms. The first-order valence-electron chi connectivity index (χ1n) is 12.1. The van der Waals surface area contributed by atoms with Crippen LogP contribution in [0.2, 0.25) is 0 Å². The number of methoxy groups -OCH3 is 1. The quantitative estimate of drug-likeness (QED) is 0.122. The third-order valence-electron chi connectivity index (χ3n) is 5.96. The molecule has 0 atom stereocenters. The van der Waals surface area contributed by atoms with E-state index >= 15 is 0 Å². The van der Waals surface area contributed by atoms with E-state index < -0.39 is 0 Å². The van der Waals surface area contributed by atoms with Crippen molar-refractivity contribution in [1.29, 1.82) is 0 Å². The molecular formula is C27H25N5O5S2. The second-order valence-corrected chi connectivity index (χ2v) is 10.8. The van der Waals surface area contributed by atoms with Crippen LogP contribution in [-0.4, -0.2) is 61.2 Å². The summed E-state index contributed by atoms with van der Waals surface area (Å²) < 4.78 is 12.2. The molecule has 4 aromatic rings. The normalized spacial score (nSPS) is 13.6. The van der Waals surface area contributed by atoms with Crippen LogP contribution in [0.1, 0.15) is 5.56 Å². The number of nitro groups is 1. The fourth-order valence-electron chi connectivity index (χ4n) is 4.02. The minimum Gasteiger partial charge on any atom is -0.497 e. The van der Waals surface area contributed by atoms with Gasteiger partial charge in [-0.1, -0.05) is 17.8 Å². The van der Waals surface area contributed by atoms with Crippen LogP contribution in [0.25, 0.3) is 10.2 Å². The van der Waals surface area contributed by atoms with Crippen molar-refractivity contribution in [2.45, 2.75) is 4.34 Å². The second kappa shape index (κ2) is 12.2. The fraction of sp³-hybridized carbons (Fsp3) is 0.222. The molecule has 1 N–H and O–H groups in total. The zero-order chi connectivity index (χ0) is 27.2. The standard InChI is InChI=1S/C27H25N5O5S2/c1-36-21-6-3-19(4-7-21)29-26(33)17-38-27-30-22-8-5-20(15-25(22)39-27)28-16-18-2-9-23(24(14-18)32(34)35)31-10-12-37-13-11-31/h2-9,14-16H,10-13,17H2,1H3,(H,29,33). The minimum absolute atomic E-state index is 0.0523. The molecule has 39 heavy (non-hydrogen) atoms. The van der Waals surface area contributed by atoms with Crippen LogP contribution >= 0.6 is 23.1 Å². The lowest BCUT2D eigenvalue weighted by atomic mass is 10.1. The van der Waals surface area contributed by atoms with Gasteiger partial charge in [0.05, 0.1) is 46.9 Å². The van der Waals surface area contributed by atoms with E-state index in [0.29, 0.717) is 48.9 Å². The van der Waals surface area contributed by atoms with E-state index in [1.807, 2.05) is 29.2 Å². The number of anilines is 2. The summed E-state index contributed by atoms with van der Waals surface area (Å²) in [5.74, 6) is 0.836. The van der Waals surface area contributed by atoms with Gasteiger partial charge in [-0.2, -0.15) is 0 Å². The first kappa shape index (κ1) is 26.6. The summed E-state index contributed by atoms with van der Waals surface area (Å²) in [6.07, 6.45) is 1.62. The van der Waals surface area contributed by atoms with E-state index in [0.717, 1.165) is 20.3 Å². The molecule has 2 heterocycles.